The first-order valence-corrected chi connectivity index (χ1v) is 4.32. The summed E-state index contributed by atoms with van der Waals surface area (Å²) in [6, 6.07) is 3.95. The second kappa shape index (κ2) is 5.13. The van der Waals surface area contributed by atoms with Crippen LogP contribution in [-0.2, 0) is 9.53 Å². The van der Waals surface area contributed by atoms with Gasteiger partial charge >= 0.3 is 11.9 Å². The first-order chi connectivity index (χ1) is 7.60. The van der Waals surface area contributed by atoms with E-state index in [-0.39, 0.29) is 17.1 Å². The molecule has 0 saturated carbocycles. The number of phenols is 1. The molecular formula is C10H10O6. The van der Waals surface area contributed by atoms with Gasteiger partial charge in [0, 0.05) is 0 Å². The summed E-state index contributed by atoms with van der Waals surface area (Å²) in [5.74, 6) is -2.30. The van der Waals surface area contributed by atoms with E-state index in [0.29, 0.717) is 0 Å². The molecule has 0 fully saturated rings. The fourth-order valence-electron chi connectivity index (χ4n) is 1.07. The number of carbonyl (C=O) groups is 2. The molecule has 0 bridgehead atoms. The molecule has 6 nitrogen and oxygen atoms in total. The number of aliphatic hydroxyl groups is 1. The van der Waals surface area contributed by atoms with Gasteiger partial charge in [0.05, 0.1) is 7.11 Å². The monoisotopic (exact) mass is 226 g/mol. The van der Waals surface area contributed by atoms with Gasteiger partial charge in [-0.15, -0.1) is 0 Å². The van der Waals surface area contributed by atoms with Crippen molar-refractivity contribution in [1.29, 1.82) is 0 Å². The molecule has 0 saturated heterocycles. The van der Waals surface area contributed by atoms with Gasteiger partial charge in [0.2, 0.25) is 0 Å². The minimum Gasteiger partial charge on any atom is -0.507 e. The molecule has 1 rings (SSSR count). The molecule has 1 aromatic rings. The lowest BCUT2D eigenvalue weighted by Gasteiger charge is -2.08. The highest BCUT2D eigenvalue weighted by atomic mass is 16.6. The van der Waals surface area contributed by atoms with Gasteiger partial charge in [0.15, 0.2) is 0 Å². The summed E-state index contributed by atoms with van der Waals surface area (Å²) in [6.07, 6.45) is 0. The maximum absolute atomic E-state index is 11.3. The molecule has 0 aliphatic carbocycles. The van der Waals surface area contributed by atoms with Crippen LogP contribution in [0.15, 0.2) is 18.2 Å². The lowest BCUT2D eigenvalue weighted by molar-refractivity contribution is -0.137. The van der Waals surface area contributed by atoms with Crippen molar-refractivity contribution in [1.82, 2.24) is 0 Å². The van der Waals surface area contributed by atoms with Crippen molar-refractivity contribution in [3.8, 4) is 11.5 Å². The minimum absolute atomic E-state index is 0.161. The molecule has 6 heteroatoms. The van der Waals surface area contributed by atoms with Crippen molar-refractivity contribution >= 4 is 11.9 Å². The first kappa shape index (κ1) is 12.0. The number of aromatic hydroxyl groups is 1. The van der Waals surface area contributed by atoms with E-state index < -0.39 is 18.5 Å². The highest BCUT2D eigenvalue weighted by Gasteiger charge is 2.19. The van der Waals surface area contributed by atoms with Gasteiger partial charge in [-0.3, -0.25) is 0 Å². The third-order valence-corrected chi connectivity index (χ3v) is 1.75. The number of esters is 2. The van der Waals surface area contributed by atoms with Crippen molar-refractivity contribution in [2.45, 2.75) is 0 Å². The summed E-state index contributed by atoms with van der Waals surface area (Å²) >= 11 is 0. The molecular weight excluding hydrogens is 216 g/mol. The second-order valence-corrected chi connectivity index (χ2v) is 2.77. The number of rotatable bonds is 3. The number of ether oxygens (including phenoxy) is 2. The number of benzene rings is 1. The van der Waals surface area contributed by atoms with Gasteiger partial charge in [-0.05, 0) is 12.1 Å². The minimum atomic E-state index is -0.934. The van der Waals surface area contributed by atoms with Crippen molar-refractivity contribution in [3.63, 3.8) is 0 Å². The van der Waals surface area contributed by atoms with Crippen molar-refractivity contribution in [3.05, 3.63) is 23.8 Å². The van der Waals surface area contributed by atoms with E-state index in [4.69, 9.17) is 5.11 Å². The molecule has 0 amide bonds. The quantitative estimate of drug-likeness (QED) is 0.560. The van der Waals surface area contributed by atoms with Crippen LogP contribution in [0.1, 0.15) is 10.4 Å². The molecule has 0 heterocycles. The zero-order chi connectivity index (χ0) is 12.1. The molecule has 0 aromatic heterocycles. The summed E-state index contributed by atoms with van der Waals surface area (Å²) in [6.45, 7) is -0.823. The van der Waals surface area contributed by atoms with Crippen LogP contribution in [0.4, 0.5) is 0 Å². The summed E-state index contributed by atoms with van der Waals surface area (Å²) in [4.78, 5) is 22.1. The Bertz CT molecular complexity index is 412. The summed E-state index contributed by atoms with van der Waals surface area (Å²) in [5.41, 5.74) is -0.258. The predicted molar refractivity (Wildman–Crippen MR) is 52.2 cm³/mol. The molecule has 0 unspecified atom stereocenters. The van der Waals surface area contributed by atoms with Gasteiger partial charge in [-0.2, -0.15) is 0 Å². The van der Waals surface area contributed by atoms with Crippen LogP contribution in [0.5, 0.6) is 11.5 Å². The lowest BCUT2D eigenvalue weighted by Crippen LogP contribution is -2.15. The van der Waals surface area contributed by atoms with Crippen molar-refractivity contribution in [2.24, 2.45) is 0 Å². The molecule has 0 aliphatic heterocycles. The number of phenolic OH excluding ortho intramolecular Hbond substituents is 1. The fraction of sp³-hybridized carbons (Fsp3) is 0.200. The number of hydrogen-bond acceptors (Lipinski definition) is 6. The first-order valence-electron chi connectivity index (χ1n) is 4.32. The van der Waals surface area contributed by atoms with Gasteiger partial charge in [0.25, 0.3) is 0 Å². The smallest absolute Gasteiger partial charge is 0.345 e. The van der Waals surface area contributed by atoms with E-state index in [9.17, 15) is 14.7 Å². The Hall–Kier alpha value is -2.08. The third-order valence-electron chi connectivity index (χ3n) is 1.75. The normalized spacial score (nSPS) is 9.62. The van der Waals surface area contributed by atoms with E-state index in [1.54, 1.807) is 0 Å². The van der Waals surface area contributed by atoms with E-state index in [0.717, 1.165) is 7.11 Å². The summed E-state index contributed by atoms with van der Waals surface area (Å²) in [7, 11) is 1.13. The standard InChI is InChI=1S/C10H10O6/c1-15-10(14)9-6(12)3-2-4-7(9)16-8(13)5-11/h2-4,11-12H,5H2,1H3. The van der Waals surface area contributed by atoms with Crippen LogP contribution >= 0.6 is 0 Å². The molecule has 0 aliphatic rings. The predicted octanol–water partition coefficient (Wildman–Crippen LogP) is 0.0765. The van der Waals surface area contributed by atoms with Gasteiger partial charge in [-0.1, -0.05) is 6.07 Å². The van der Waals surface area contributed by atoms with E-state index in [1.165, 1.54) is 18.2 Å². The average Bonchev–Trinajstić information content (AvgIpc) is 2.28. The Morgan fingerprint density at radius 3 is 2.62 bits per heavy atom. The second-order valence-electron chi connectivity index (χ2n) is 2.77. The zero-order valence-corrected chi connectivity index (χ0v) is 8.47. The SMILES string of the molecule is COC(=O)c1c(O)cccc1OC(=O)CO. The molecule has 2 N–H and O–H groups in total. The van der Waals surface area contributed by atoms with Crippen molar-refractivity contribution in [2.75, 3.05) is 13.7 Å². The maximum atomic E-state index is 11.3. The Morgan fingerprint density at radius 2 is 2.06 bits per heavy atom. The van der Waals surface area contributed by atoms with Gasteiger partial charge < -0.3 is 19.7 Å². The molecule has 0 atom stereocenters. The summed E-state index contributed by atoms with van der Waals surface area (Å²) in [5, 5.41) is 17.9. The fourth-order valence-corrected chi connectivity index (χ4v) is 1.07. The Morgan fingerprint density at radius 1 is 1.38 bits per heavy atom. The third kappa shape index (κ3) is 2.48. The van der Waals surface area contributed by atoms with E-state index in [1.807, 2.05) is 0 Å². The van der Waals surface area contributed by atoms with Gasteiger partial charge in [0.1, 0.15) is 23.7 Å². The number of methoxy groups -OCH3 is 1. The molecule has 16 heavy (non-hydrogen) atoms. The number of carbonyl (C=O) groups excluding carboxylic acids is 2. The van der Waals surface area contributed by atoms with Crippen LogP contribution in [0.25, 0.3) is 0 Å². The average molecular weight is 226 g/mol. The van der Waals surface area contributed by atoms with Crippen LogP contribution < -0.4 is 4.74 Å². The Balaban J connectivity index is 3.12. The lowest BCUT2D eigenvalue weighted by atomic mass is 10.2. The molecule has 1 aromatic carbocycles. The Kier molecular flexibility index (Phi) is 3.84. The van der Waals surface area contributed by atoms with E-state index in [2.05, 4.69) is 9.47 Å². The Labute approximate surface area is 91.0 Å². The number of aliphatic hydroxyl groups excluding tert-OH is 1. The van der Waals surface area contributed by atoms with Crippen LogP contribution in [0, 0.1) is 0 Å². The highest BCUT2D eigenvalue weighted by molar-refractivity contribution is 5.96. The van der Waals surface area contributed by atoms with Crippen LogP contribution in [-0.4, -0.2) is 35.9 Å². The number of hydrogen-bond donors (Lipinski definition) is 2. The zero-order valence-electron chi connectivity index (χ0n) is 8.47. The highest BCUT2D eigenvalue weighted by Crippen LogP contribution is 2.28. The van der Waals surface area contributed by atoms with Crippen LogP contribution in [0.2, 0.25) is 0 Å². The largest absolute Gasteiger partial charge is 0.507 e. The molecule has 0 radical (unpaired) electrons. The topological polar surface area (TPSA) is 93.1 Å². The maximum Gasteiger partial charge on any atom is 0.345 e. The van der Waals surface area contributed by atoms with Crippen LogP contribution in [0.3, 0.4) is 0 Å². The van der Waals surface area contributed by atoms with E-state index >= 15 is 0 Å². The molecule has 0 spiro atoms. The summed E-state index contributed by atoms with van der Waals surface area (Å²) < 4.78 is 9.07. The molecule has 86 valence electrons. The van der Waals surface area contributed by atoms with Gasteiger partial charge in [-0.25, -0.2) is 9.59 Å². The van der Waals surface area contributed by atoms with Crippen molar-refractivity contribution < 1.29 is 29.3 Å².